The molecule has 1 heterocycles. The first-order chi connectivity index (χ1) is 12.5. The molecule has 134 valence electrons. The van der Waals surface area contributed by atoms with E-state index in [1.165, 1.54) is 12.1 Å². The molecule has 26 heavy (non-hydrogen) atoms. The number of hydrogen-bond donors (Lipinski definition) is 1. The van der Waals surface area contributed by atoms with Gasteiger partial charge in [0.2, 0.25) is 5.91 Å². The van der Waals surface area contributed by atoms with E-state index < -0.39 is 0 Å². The van der Waals surface area contributed by atoms with Crippen LogP contribution in [-0.4, -0.2) is 15.7 Å². The van der Waals surface area contributed by atoms with Gasteiger partial charge in [0.1, 0.15) is 5.82 Å². The zero-order valence-electron chi connectivity index (χ0n) is 14.9. The molecule has 5 heteroatoms. The van der Waals surface area contributed by atoms with Crippen LogP contribution in [0.2, 0.25) is 0 Å². The summed E-state index contributed by atoms with van der Waals surface area (Å²) >= 11 is 0. The molecule has 0 saturated carbocycles. The highest BCUT2D eigenvalue weighted by Crippen LogP contribution is 2.22. The lowest BCUT2D eigenvalue weighted by atomic mass is 9.95. The lowest BCUT2D eigenvalue weighted by Crippen LogP contribution is -2.32. The fourth-order valence-corrected chi connectivity index (χ4v) is 2.90. The van der Waals surface area contributed by atoms with Crippen LogP contribution in [0.3, 0.4) is 0 Å². The lowest BCUT2D eigenvalue weighted by Gasteiger charge is -2.23. The van der Waals surface area contributed by atoms with Gasteiger partial charge in [-0.2, -0.15) is 5.10 Å². The fourth-order valence-electron chi connectivity index (χ4n) is 2.90. The predicted molar refractivity (Wildman–Crippen MR) is 99.4 cm³/mol. The lowest BCUT2D eigenvalue weighted by molar-refractivity contribution is -0.121. The van der Waals surface area contributed by atoms with E-state index in [-0.39, 0.29) is 23.7 Å². The second-order valence-electron chi connectivity index (χ2n) is 6.63. The molecule has 0 fully saturated rings. The van der Waals surface area contributed by atoms with Crippen molar-refractivity contribution in [3.8, 4) is 5.69 Å². The summed E-state index contributed by atoms with van der Waals surface area (Å²) < 4.78 is 14.9. The minimum atomic E-state index is -0.278. The number of amides is 1. The first kappa shape index (κ1) is 17.9. The Balaban J connectivity index is 1.66. The fraction of sp³-hybridized carbons (Fsp3) is 0.238. The molecule has 0 aliphatic carbocycles. The molecule has 0 saturated heterocycles. The van der Waals surface area contributed by atoms with E-state index in [1.54, 1.807) is 23.0 Å². The van der Waals surface area contributed by atoms with Crippen LogP contribution in [0.4, 0.5) is 4.39 Å². The number of carbonyl (C=O) groups is 1. The number of aromatic nitrogens is 2. The third kappa shape index (κ3) is 4.36. The SMILES string of the molecule is CC(C)[C@@H](NC(=O)Cc1ccc(-n2cccn2)cc1)c1ccc(F)cc1. The number of rotatable bonds is 6. The number of benzene rings is 2. The number of nitrogens with zero attached hydrogens (tertiary/aromatic N) is 2. The molecule has 1 N–H and O–H groups in total. The Bertz CT molecular complexity index is 840. The van der Waals surface area contributed by atoms with Crippen molar-refractivity contribution in [1.29, 1.82) is 0 Å². The average molecular weight is 351 g/mol. The molecule has 0 aliphatic heterocycles. The maximum atomic E-state index is 13.1. The number of halogens is 1. The molecule has 3 aromatic rings. The van der Waals surface area contributed by atoms with Crippen molar-refractivity contribution in [2.24, 2.45) is 5.92 Å². The van der Waals surface area contributed by atoms with Crippen LogP contribution < -0.4 is 5.32 Å². The van der Waals surface area contributed by atoms with Crippen molar-refractivity contribution in [2.45, 2.75) is 26.3 Å². The molecule has 0 spiro atoms. The van der Waals surface area contributed by atoms with Gasteiger partial charge < -0.3 is 5.32 Å². The average Bonchev–Trinajstić information content (AvgIpc) is 3.16. The highest BCUT2D eigenvalue weighted by Gasteiger charge is 2.18. The zero-order valence-corrected chi connectivity index (χ0v) is 14.9. The van der Waals surface area contributed by atoms with Gasteiger partial charge in [-0.25, -0.2) is 9.07 Å². The molecular weight excluding hydrogens is 329 g/mol. The monoisotopic (exact) mass is 351 g/mol. The van der Waals surface area contributed by atoms with E-state index >= 15 is 0 Å². The van der Waals surface area contributed by atoms with Crippen molar-refractivity contribution in [2.75, 3.05) is 0 Å². The molecule has 1 amide bonds. The highest BCUT2D eigenvalue weighted by molar-refractivity contribution is 5.79. The zero-order chi connectivity index (χ0) is 18.5. The summed E-state index contributed by atoms with van der Waals surface area (Å²) in [5.74, 6) is -0.133. The summed E-state index contributed by atoms with van der Waals surface area (Å²) in [5, 5.41) is 7.25. The van der Waals surface area contributed by atoms with Gasteiger partial charge in [-0.05, 0) is 47.4 Å². The van der Waals surface area contributed by atoms with Crippen LogP contribution in [0.5, 0.6) is 0 Å². The van der Waals surface area contributed by atoms with E-state index in [1.807, 2.05) is 50.4 Å². The third-order valence-electron chi connectivity index (χ3n) is 4.28. The molecule has 0 radical (unpaired) electrons. The van der Waals surface area contributed by atoms with Crippen molar-refractivity contribution in [1.82, 2.24) is 15.1 Å². The maximum Gasteiger partial charge on any atom is 0.224 e. The number of hydrogen-bond acceptors (Lipinski definition) is 2. The van der Waals surface area contributed by atoms with Crippen molar-refractivity contribution in [3.05, 3.63) is 83.9 Å². The van der Waals surface area contributed by atoms with Gasteiger partial charge in [-0.3, -0.25) is 4.79 Å². The highest BCUT2D eigenvalue weighted by atomic mass is 19.1. The van der Waals surface area contributed by atoms with Crippen molar-refractivity contribution >= 4 is 5.91 Å². The molecule has 1 aromatic heterocycles. The van der Waals surface area contributed by atoms with Gasteiger partial charge in [-0.15, -0.1) is 0 Å². The minimum absolute atomic E-state index is 0.0557. The van der Waals surface area contributed by atoms with Crippen molar-refractivity contribution in [3.63, 3.8) is 0 Å². The maximum absolute atomic E-state index is 13.1. The van der Waals surface area contributed by atoms with Gasteiger partial charge in [-0.1, -0.05) is 38.1 Å². The molecule has 0 bridgehead atoms. The Kier molecular flexibility index (Phi) is 5.46. The smallest absolute Gasteiger partial charge is 0.224 e. The van der Waals surface area contributed by atoms with Crippen LogP contribution in [0, 0.1) is 11.7 Å². The summed E-state index contributed by atoms with van der Waals surface area (Å²) in [6.07, 6.45) is 3.89. The topological polar surface area (TPSA) is 46.9 Å². The van der Waals surface area contributed by atoms with E-state index in [0.29, 0.717) is 6.42 Å². The summed E-state index contributed by atoms with van der Waals surface area (Å²) in [6, 6.07) is 15.7. The van der Waals surface area contributed by atoms with Crippen molar-refractivity contribution < 1.29 is 9.18 Å². The standard InChI is InChI=1S/C21H22FN3O/c1-15(2)21(17-6-8-18(22)9-7-17)24-20(26)14-16-4-10-19(11-5-16)25-13-3-12-23-25/h3-13,15,21H,14H2,1-2H3,(H,24,26)/t21-/m1/s1. The first-order valence-electron chi connectivity index (χ1n) is 8.67. The van der Waals surface area contributed by atoms with E-state index in [4.69, 9.17) is 0 Å². The summed E-state index contributed by atoms with van der Waals surface area (Å²) in [6.45, 7) is 4.07. The molecule has 2 aromatic carbocycles. The summed E-state index contributed by atoms with van der Waals surface area (Å²) in [5.41, 5.74) is 2.79. The Morgan fingerprint density at radius 2 is 1.81 bits per heavy atom. The largest absolute Gasteiger partial charge is 0.349 e. The van der Waals surface area contributed by atoms with Gasteiger partial charge in [0.05, 0.1) is 18.2 Å². The van der Waals surface area contributed by atoms with Gasteiger partial charge >= 0.3 is 0 Å². The van der Waals surface area contributed by atoms with E-state index in [0.717, 1.165) is 16.8 Å². The number of nitrogens with one attached hydrogen (secondary N) is 1. The molecule has 0 aliphatic rings. The first-order valence-corrected chi connectivity index (χ1v) is 8.67. The summed E-state index contributed by atoms with van der Waals surface area (Å²) in [7, 11) is 0. The van der Waals surface area contributed by atoms with E-state index in [9.17, 15) is 9.18 Å². The second kappa shape index (κ2) is 7.95. The van der Waals surface area contributed by atoms with Gasteiger partial charge in [0.15, 0.2) is 0 Å². The minimum Gasteiger partial charge on any atom is -0.349 e. The Morgan fingerprint density at radius 3 is 2.38 bits per heavy atom. The Morgan fingerprint density at radius 1 is 1.12 bits per heavy atom. The van der Waals surface area contributed by atoms with Crippen LogP contribution in [-0.2, 0) is 11.2 Å². The van der Waals surface area contributed by atoms with Crippen LogP contribution >= 0.6 is 0 Å². The van der Waals surface area contributed by atoms with Crippen LogP contribution in [0.15, 0.2) is 67.0 Å². The number of carbonyl (C=O) groups excluding carboxylic acids is 1. The summed E-state index contributed by atoms with van der Waals surface area (Å²) in [4.78, 5) is 12.5. The Hall–Kier alpha value is -2.95. The second-order valence-corrected chi connectivity index (χ2v) is 6.63. The van der Waals surface area contributed by atoms with Crippen LogP contribution in [0.1, 0.15) is 31.0 Å². The molecule has 4 nitrogen and oxygen atoms in total. The van der Waals surface area contributed by atoms with Gasteiger partial charge in [0.25, 0.3) is 0 Å². The quantitative estimate of drug-likeness (QED) is 0.728. The molecule has 1 atom stereocenters. The molecule has 3 rings (SSSR count). The van der Waals surface area contributed by atoms with Gasteiger partial charge in [0, 0.05) is 12.4 Å². The predicted octanol–water partition coefficient (Wildman–Crippen LogP) is 4.07. The normalized spacial score (nSPS) is 12.2. The third-order valence-corrected chi connectivity index (χ3v) is 4.28. The Labute approximate surface area is 152 Å². The molecule has 0 unspecified atom stereocenters. The van der Waals surface area contributed by atoms with Crippen LogP contribution in [0.25, 0.3) is 5.69 Å². The molecular formula is C21H22FN3O. The van der Waals surface area contributed by atoms with E-state index in [2.05, 4.69) is 10.4 Å².